The Morgan fingerprint density at radius 2 is 1.83 bits per heavy atom. The van der Waals surface area contributed by atoms with Crippen molar-refractivity contribution in [2.24, 2.45) is 7.05 Å². The van der Waals surface area contributed by atoms with E-state index in [-0.39, 0.29) is 0 Å². The molecule has 118 valence electrons. The number of pyridine rings is 1. The number of aryl methyl sites for hydroxylation is 1. The molecule has 0 fully saturated rings. The van der Waals surface area contributed by atoms with Gasteiger partial charge in [0.05, 0.1) is 5.69 Å². The molecule has 6 heteroatoms. The number of hydrogen-bond acceptors (Lipinski definition) is 5. The van der Waals surface area contributed by atoms with E-state index >= 15 is 0 Å². The van der Waals surface area contributed by atoms with Gasteiger partial charge in [-0.05, 0) is 12.1 Å². The zero-order valence-corrected chi connectivity index (χ0v) is 13.2. The molecule has 4 aromatic rings. The Morgan fingerprint density at radius 3 is 2.71 bits per heavy atom. The van der Waals surface area contributed by atoms with Gasteiger partial charge < -0.3 is 5.32 Å². The Morgan fingerprint density at radius 1 is 1.00 bits per heavy atom. The average molecular weight is 316 g/mol. The zero-order chi connectivity index (χ0) is 16.4. The largest absolute Gasteiger partial charge is 0.366 e. The molecule has 0 amide bonds. The van der Waals surface area contributed by atoms with Gasteiger partial charge in [-0.1, -0.05) is 30.3 Å². The summed E-state index contributed by atoms with van der Waals surface area (Å²) in [5, 5.41) is 7.92. The maximum Gasteiger partial charge on any atom is 0.180 e. The highest BCUT2D eigenvalue weighted by Gasteiger charge is 2.10. The van der Waals surface area contributed by atoms with Gasteiger partial charge in [0, 0.05) is 43.3 Å². The lowest BCUT2D eigenvalue weighted by atomic mass is 10.1. The van der Waals surface area contributed by atoms with Gasteiger partial charge >= 0.3 is 0 Å². The van der Waals surface area contributed by atoms with Crippen LogP contribution in [0.25, 0.3) is 22.4 Å². The fourth-order valence-electron chi connectivity index (χ4n) is 2.64. The van der Waals surface area contributed by atoms with Crippen molar-refractivity contribution in [1.82, 2.24) is 24.7 Å². The van der Waals surface area contributed by atoms with Gasteiger partial charge in [0.25, 0.3) is 0 Å². The quantitative estimate of drug-likeness (QED) is 0.627. The summed E-state index contributed by atoms with van der Waals surface area (Å²) in [7, 11) is 1.93. The number of anilines is 1. The van der Waals surface area contributed by atoms with Crippen molar-refractivity contribution >= 4 is 17.0 Å². The van der Waals surface area contributed by atoms with E-state index in [1.807, 2.05) is 48.3 Å². The van der Waals surface area contributed by atoms with E-state index in [0.29, 0.717) is 12.2 Å². The van der Waals surface area contributed by atoms with Gasteiger partial charge in [0.15, 0.2) is 5.65 Å². The van der Waals surface area contributed by atoms with E-state index in [1.54, 1.807) is 12.4 Å². The van der Waals surface area contributed by atoms with Crippen LogP contribution in [0.15, 0.2) is 61.1 Å². The minimum Gasteiger partial charge on any atom is -0.366 e. The van der Waals surface area contributed by atoms with E-state index in [1.165, 1.54) is 0 Å². The summed E-state index contributed by atoms with van der Waals surface area (Å²) in [6.07, 6.45) is 5.34. The van der Waals surface area contributed by atoms with Crippen LogP contribution in [0, 0.1) is 0 Å². The van der Waals surface area contributed by atoms with Crippen LogP contribution in [0.4, 0.5) is 5.82 Å². The highest BCUT2D eigenvalue weighted by Crippen LogP contribution is 2.22. The summed E-state index contributed by atoms with van der Waals surface area (Å²) in [4.78, 5) is 13.0. The maximum absolute atomic E-state index is 4.58. The summed E-state index contributed by atoms with van der Waals surface area (Å²) in [6.45, 7) is 0.636. The molecule has 0 bridgehead atoms. The summed E-state index contributed by atoms with van der Waals surface area (Å²) in [5.74, 6) is 0.769. The van der Waals surface area contributed by atoms with E-state index in [9.17, 15) is 0 Å². The molecular weight excluding hydrogens is 300 g/mol. The van der Waals surface area contributed by atoms with Crippen molar-refractivity contribution < 1.29 is 0 Å². The highest BCUT2D eigenvalue weighted by atomic mass is 15.3. The SMILES string of the molecule is Cn1cc(CNc2ccc3nccnc3n2)c(-c2ccccc2)n1. The molecule has 0 aliphatic carbocycles. The molecule has 0 aliphatic rings. The molecule has 4 rings (SSSR count). The molecule has 24 heavy (non-hydrogen) atoms. The number of nitrogens with zero attached hydrogens (tertiary/aromatic N) is 5. The van der Waals surface area contributed by atoms with Crippen molar-refractivity contribution in [2.45, 2.75) is 6.54 Å². The van der Waals surface area contributed by atoms with Crippen molar-refractivity contribution in [3.8, 4) is 11.3 Å². The molecule has 0 atom stereocenters. The van der Waals surface area contributed by atoms with Crippen molar-refractivity contribution in [3.05, 3.63) is 66.6 Å². The molecular formula is C18H16N6. The number of rotatable bonds is 4. The van der Waals surface area contributed by atoms with Crippen LogP contribution in [0.5, 0.6) is 0 Å². The third-order valence-corrected chi connectivity index (χ3v) is 3.74. The molecule has 1 aromatic carbocycles. The second-order valence-corrected chi connectivity index (χ2v) is 5.49. The van der Waals surface area contributed by atoms with Crippen LogP contribution in [0.2, 0.25) is 0 Å². The summed E-state index contributed by atoms with van der Waals surface area (Å²) >= 11 is 0. The van der Waals surface area contributed by atoms with Crippen molar-refractivity contribution in [3.63, 3.8) is 0 Å². The lowest BCUT2D eigenvalue weighted by molar-refractivity contribution is 0.770. The fraction of sp³-hybridized carbons (Fsp3) is 0.111. The van der Waals surface area contributed by atoms with Gasteiger partial charge in [-0.2, -0.15) is 5.10 Å². The summed E-state index contributed by atoms with van der Waals surface area (Å²) in [5.41, 5.74) is 4.62. The van der Waals surface area contributed by atoms with E-state index in [4.69, 9.17) is 0 Å². The number of aromatic nitrogens is 5. The van der Waals surface area contributed by atoms with E-state index in [0.717, 1.165) is 28.2 Å². The number of benzene rings is 1. The summed E-state index contributed by atoms with van der Waals surface area (Å²) < 4.78 is 1.83. The number of nitrogens with one attached hydrogen (secondary N) is 1. The van der Waals surface area contributed by atoms with Crippen LogP contribution >= 0.6 is 0 Å². The van der Waals surface area contributed by atoms with Crippen molar-refractivity contribution in [2.75, 3.05) is 5.32 Å². The first-order valence-corrected chi connectivity index (χ1v) is 7.69. The number of fused-ring (bicyclic) bond motifs is 1. The monoisotopic (exact) mass is 316 g/mol. The lowest BCUT2D eigenvalue weighted by Gasteiger charge is -2.06. The van der Waals surface area contributed by atoms with Gasteiger partial charge in [-0.25, -0.2) is 9.97 Å². The smallest absolute Gasteiger partial charge is 0.180 e. The van der Waals surface area contributed by atoms with Crippen LogP contribution in [0.1, 0.15) is 5.56 Å². The first kappa shape index (κ1) is 14.3. The van der Waals surface area contributed by atoms with E-state index < -0.39 is 0 Å². The molecule has 6 nitrogen and oxygen atoms in total. The molecule has 3 aromatic heterocycles. The third-order valence-electron chi connectivity index (χ3n) is 3.74. The Balaban J connectivity index is 1.59. The lowest BCUT2D eigenvalue weighted by Crippen LogP contribution is -2.02. The second kappa shape index (κ2) is 6.08. The minimum absolute atomic E-state index is 0.636. The highest BCUT2D eigenvalue weighted by molar-refractivity contribution is 5.71. The fourth-order valence-corrected chi connectivity index (χ4v) is 2.64. The third kappa shape index (κ3) is 2.81. The Kier molecular flexibility index (Phi) is 3.63. The normalized spacial score (nSPS) is 10.9. The molecule has 0 aliphatic heterocycles. The molecule has 3 heterocycles. The molecule has 0 spiro atoms. The standard InChI is InChI=1S/C18H16N6/c1-24-12-14(17(23-24)13-5-3-2-4-6-13)11-21-16-8-7-15-18(22-16)20-10-9-19-15/h2-10,12H,11H2,1H3,(H,20,21,22). The Bertz CT molecular complexity index is 977. The molecule has 0 saturated carbocycles. The maximum atomic E-state index is 4.58. The van der Waals surface area contributed by atoms with Gasteiger partial charge in [0.2, 0.25) is 0 Å². The minimum atomic E-state index is 0.636. The predicted octanol–water partition coefficient (Wildman–Crippen LogP) is 3.04. The topological polar surface area (TPSA) is 68.5 Å². The van der Waals surface area contributed by atoms with Crippen LogP contribution in [-0.2, 0) is 13.6 Å². The average Bonchev–Trinajstić information content (AvgIpc) is 3.01. The van der Waals surface area contributed by atoms with Gasteiger partial charge in [-0.3, -0.25) is 9.67 Å². The van der Waals surface area contributed by atoms with Gasteiger partial charge in [-0.15, -0.1) is 0 Å². The van der Waals surface area contributed by atoms with Crippen LogP contribution < -0.4 is 5.32 Å². The second-order valence-electron chi connectivity index (χ2n) is 5.49. The van der Waals surface area contributed by atoms with Crippen molar-refractivity contribution in [1.29, 1.82) is 0 Å². The molecule has 0 saturated heterocycles. The molecule has 1 N–H and O–H groups in total. The van der Waals surface area contributed by atoms with Crippen LogP contribution in [-0.4, -0.2) is 24.7 Å². The molecule has 0 unspecified atom stereocenters. The van der Waals surface area contributed by atoms with Gasteiger partial charge in [0.1, 0.15) is 11.3 Å². The van der Waals surface area contributed by atoms with Crippen LogP contribution in [0.3, 0.4) is 0 Å². The Hall–Kier alpha value is -3.28. The first-order chi connectivity index (χ1) is 11.8. The zero-order valence-electron chi connectivity index (χ0n) is 13.2. The summed E-state index contributed by atoms with van der Waals surface area (Å²) in [6, 6.07) is 14.0. The Labute approximate surface area is 139 Å². The number of hydrogen-bond donors (Lipinski definition) is 1. The predicted molar refractivity (Wildman–Crippen MR) is 93.3 cm³/mol. The molecule has 0 radical (unpaired) electrons. The van der Waals surface area contributed by atoms with E-state index in [2.05, 4.69) is 37.5 Å². The first-order valence-electron chi connectivity index (χ1n) is 7.69.